The molecule has 4 heterocycles. The van der Waals surface area contributed by atoms with Gasteiger partial charge in [0.15, 0.2) is 27.3 Å². The molecule has 27 heteroatoms. The molecule has 1 aliphatic heterocycles. The molecule has 0 spiro atoms. The van der Waals surface area contributed by atoms with Gasteiger partial charge >= 0.3 is 0 Å². The number of piperidine rings is 1. The van der Waals surface area contributed by atoms with Crippen molar-refractivity contribution in [2.24, 2.45) is 0 Å². The van der Waals surface area contributed by atoms with Crippen molar-refractivity contribution in [1.82, 2.24) is 34.8 Å². The average Bonchev–Trinajstić information content (AvgIpc) is 0.818. The smallest absolute Gasteiger partial charge is 0.229 e. The predicted molar refractivity (Wildman–Crippen MR) is 440 cm³/mol. The van der Waals surface area contributed by atoms with Crippen LogP contribution in [-0.2, 0) is 19.0 Å². The number of ether oxygens (including phenoxy) is 3. The minimum Gasteiger partial charge on any atom is -0.495 e. The maximum atomic E-state index is 12.9. The number of aromatic nitrogens is 6. The first-order valence-electron chi connectivity index (χ1n) is 39.8. The Balaban J connectivity index is 0.000000182. The van der Waals surface area contributed by atoms with E-state index in [9.17, 15) is 17.5 Å². The highest BCUT2D eigenvalue weighted by molar-refractivity contribution is 7.92. The van der Waals surface area contributed by atoms with Gasteiger partial charge in [0.25, 0.3) is 0 Å². The third-order valence-corrected chi connectivity index (χ3v) is 25.3. The molecular weight excluding hydrogens is 1460 g/mol. The summed E-state index contributed by atoms with van der Waals surface area (Å²) in [4.78, 5) is 30.9. The molecule has 2 aliphatic carbocycles. The molecular formula is C79H99Cl3N14O7P2S. The van der Waals surface area contributed by atoms with Gasteiger partial charge in [-0.15, -0.1) is 0 Å². The molecule has 3 fully saturated rings. The van der Waals surface area contributed by atoms with E-state index in [-0.39, 0.29) is 60.9 Å². The summed E-state index contributed by atoms with van der Waals surface area (Å²) in [5, 5.41) is 20.1. The molecule has 0 amide bonds. The zero-order chi connectivity index (χ0) is 83.5. The molecule has 564 valence electrons. The van der Waals surface area contributed by atoms with Crippen molar-refractivity contribution >= 4 is 145 Å². The van der Waals surface area contributed by atoms with Crippen LogP contribution in [0.25, 0.3) is 0 Å². The highest BCUT2D eigenvalue weighted by Gasteiger charge is 2.28. The maximum absolute atomic E-state index is 12.9. The number of anilines is 13. The van der Waals surface area contributed by atoms with Gasteiger partial charge in [0.2, 0.25) is 17.8 Å². The fourth-order valence-corrected chi connectivity index (χ4v) is 17.4. The second kappa shape index (κ2) is 36.1. The van der Waals surface area contributed by atoms with E-state index in [1.54, 1.807) is 76.9 Å². The van der Waals surface area contributed by atoms with E-state index in [2.05, 4.69) is 85.7 Å². The summed E-state index contributed by atoms with van der Waals surface area (Å²) < 4.78 is 137. The van der Waals surface area contributed by atoms with Gasteiger partial charge in [-0.05, 0) is 214 Å². The van der Waals surface area contributed by atoms with E-state index in [0.29, 0.717) is 74.2 Å². The second-order valence-electron chi connectivity index (χ2n) is 28.0. The zero-order valence-electron chi connectivity index (χ0n) is 70.3. The Hall–Kier alpha value is -8.20. The van der Waals surface area contributed by atoms with Gasteiger partial charge in [0, 0.05) is 41.5 Å². The standard InChI is InChI=1S/C27H33ClN4O3S.C26H34ClN6O2P.C26H32ClN4O2P/c1-17(2)36(33,34)25-13-9-8-12-22(25)30-26-21(28)16-29-27(32-26)31-23-14-18(3)20(15-24(23)35-4)19-10-6-5-7-11-19;1-32(2)18-12-14-33(15-13-18)19-10-11-21(23(16-19)35-3)30-26-28-17-20(27)25(31-26)29-22-8-6-7-9-24(22)36(4,5)34;1-17-14-22(23(33-2)15-19(17)18-10-6-5-7-11-18)30-26-28-16-20(27)25(31-26)29-21-12-8-9-13-24(21)34(3,4)32/h8-9,12-17,19H,5-7,10-11H2,1-4H3,(H2,29,30,31,32);6-11,16-18H,12-15H2,1-5H3,(H2,28,29,30,31);8-9,12-16,18H,5-7,10-11H2,1-4H3,(H2,28,29,30,31)/i4D3;3D3;2D3. The Morgan fingerprint density at radius 1 is 0.500 bits per heavy atom. The van der Waals surface area contributed by atoms with Gasteiger partial charge in [0.1, 0.15) is 46.6 Å². The van der Waals surface area contributed by atoms with Crippen molar-refractivity contribution in [3.63, 3.8) is 0 Å². The first-order chi connectivity index (χ1) is 54.0. The van der Waals surface area contributed by atoms with Crippen LogP contribution in [0.15, 0.2) is 139 Å². The molecule has 0 radical (unpaired) electrons. The van der Waals surface area contributed by atoms with E-state index in [0.717, 1.165) is 92.4 Å². The number of benzene rings is 6. The SMILES string of the molecule is [2H]C([2H])([2H])Oc1cc(C2CCCCC2)c(C)cc1Nc1ncc(Cl)c(Nc2ccccc2P(C)(C)=O)n1.[2H]C([2H])([2H])Oc1cc(C2CCCCC2)c(C)cc1Nc1ncc(Cl)c(Nc2ccccc2S(=O)(=O)C(C)C)n1.[2H]C([2H])([2H])Oc1cc(N2CCC(N(C)C)CC2)ccc1Nc1ncc(Cl)c(Nc2ccccc2P(C)(C)=O)n1. The van der Waals surface area contributed by atoms with Gasteiger partial charge < -0.3 is 65.0 Å². The average molecular weight is 1570 g/mol. The number of nitrogens with zero attached hydrogens (tertiary/aromatic N) is 8. The quantitative estimate of drug-likeness (QED) is 0.0326. The summed E-state index contributed by atoms with van der Waals surface area (Å²) >= 11 is 19.1. The van der Waals surface area contributed by atoms with Crippen molar-refractivity contribution in [2.75, 3.05) is 112 Å². The van der Waals surface area contributed by atoms with E-state index >= 15 is 0 Å². The topological polar surface area (TPSA) is 252 Å². The number of hydrogen-bond acceptors (Lipinski definition) is 21. The van der Waals surface area contributed by atoms with E-state index in [1.165, 1.54) is 50.3 Å². The van der Waals surface area contributed by atoms with Gasteiger partial charge in [-0.25, -0.2) is 23.4 Å². The maximum Gasteiger partial charge on any atom is 0.229 e. The van der Waals surface area contributed by atoms with Crippen LogP contribution in [0.1, 0.15) is 137 Å². The van der Waals surface area contributed by atoms with Gasteiger partial charge in [-0.1, -0.05) is 110 Å². The van der Waals surface area contributed by atoms with Gasteiger partial charge in [-0.3, -0.25) is 0 Å². The first kappa shape index (κ1) is 68.3. The van der Waals surface area contributed by atoms with E-state index in [4.69, 9.17) is 61.4 Å². The molecule has 106 heavy (non-hydrogen) atoms. The van der Waals surface area contributed by atoms with Crippen molar-refractivity contribution in [1.29, 1.82) is 0 Å². The Labute approximate surface area is 652 Å². The fraction of sp³-hybridized carbons (Fsp3) is 0.392. The lowest BCUT2D eigenvalue weighted by Gasteiger charge is -2.36. The van der Waals surface area contributed by atoms with Crippen LogP contribution in [0.3, 0.4) is 0 Å². The van der Waals surface area contributed by atoms with Crippen molar-refractivity contribution in [3.8, 4) is 17.2 Å². The molecule has 2 saturated carbocycles. The lowest BCUT2D eigenvalue weighted by molar-refractivity contribution is 0.249. The molecule has 0 bridgehead atoms. The normalized spacial score (nSPS) is 16.3. The predicted octanol–water partition coefficient (Wildman–Crippen LogP) is 19.8. The molecule has 21 nitrogen and oxygen atoms in total. The number of aryl methyl sites for hydroxylation is 2. The van der Waals surface area contributed by atoms with Gasteiger partial charge in [0.05, 0.1) is 96.3 Å². The second-order valence-corrected chi connectivity index (χ2v) is 38.1. The van der Waals surface area contributed by atoms with E-state index in [1.807, 2.05) is 86.6 Å². The first-order valence-corrected chi connectivity index (χ1v) is 43.2. The summed E-state index contributed by atoms with van der Waals surface area (Å²) in [6, 6.07) is 34.4. The Morgan fingerprint density at radius 2 is 0.887 bits per heavy atom. The minimum absolute atomic E-state index is 0.131. The van der Waals surface area contributed by atoms with Crippen molar-refractivity contribution in [3.05, 3.63) is 171 Å². The van der Waals surface area contributed by atoms with E-state index < -0.39 is 50.5 Å². The summed E-state index contributed by atoms with van der Waals surface area (Å²) in [6.07, 6.45) is 17.7. The number of methoxy groups -OCH3 is 3. The summed E-state index contributed by atoms with van der Waals surface area (Å²) in [6.45, 7) is 15.8. The van der Waals surface area contributed by atoms with Crippen molar-refractivity contribution in [2.45, 2.75) is 133 Å². The summed E-state index contributed by atoms with van der Waals surface area (Å²) in [5.41, 5.74) is 8.01. The molecule has 0 atom stereocenters. The van der Waals surface area contributed by atoms with Crippen LogP contribution in [0.5, 0.6) is 17.2 Å². The van der Waals surface area contributed by atoms with Crippen LogP contribution in [-0.4, -0.2) is 129 Å². The monoisotopic (exact) mass is 1560 g/mol. The number of nitrogens with one attached hydrogen (secondary N) is 6. The summed E-state index contributed by atoms with van der Waals surface area (Å²) in [7, 11) is -12.4. The van der Waals surface area contributed by atoms with Crippen LogP contribution in [0.4, 0.5) is 75.1 Å². The third kappa shape index (κ3) is 20.5. The number of hydrogen-bond donors (Lipinski definition) is 6. The molecule has 6 aromatic carbocycles. The number of para-hydroxylation sites is 3. The van der Waals surface area contributed by atoms with Crippen LogP contribution >= 0.6 is 49.1 Å². The molecule has 3 aliphatic rings. The van der Waals surface area contributed by atoms with Crippen LogP contribution < -0.4 is 61.6 Å². The summed E-state index contributed by atoms with van der Waals surface area (Å²) in [5.74, 6) is 2.67. The highest BCUT2D eigenvalue weighted by Crippen LogP contribution is 2.45. The molecule has 6 N–H and O–H groups in total. The molecule has 3 aromatic heterocycles. The van der Waals surface area contributed by atoms with Gasteiger partial charge in [-0.2, -0.15) is 15.0 Å². The fourth-order valence-electron chi connectivity index (χ4n) is 13.5. The minimum atomic E-state index is -3.57. The van der Waals surface area contributed by atoms with Crippen molar-refractivity contribution < 1.29 is 44.1 Å². The molecule has 12 rings (SSSR count). The molecule has 1 saturated heterocycles. The molecule has 0 unspecified atom stereocenters. The zero-order valence-corrected chi connectivity index (χ0v) is 66.2. The number of rotatable bonds is 23. The Kier molecular flexibility index (Phi) is 23.3. The third-order valence-electron chi connectivity index (χ3n) is 19.2. The van der Waals surface area contributed by atoms with Crippen LogP contribution in [0.2, 0.25) is 15.1 Å². The Morgan fingerprint density at radius 3 is 1.29 bits per heavy atom. The largest absolute Gasteiger partial charge is 0.495 e. The number of halogens is 3. The number of sulfone groups is 1. The lowest BCUT2D eigenvalue weighted by Crippen LogP contribution is -2.41. The van der Waals surface area contributed by atoms with Crippen LogP contribution in [0, 0.1) is 13.8 Å². The highest BCUT2D eigenvalue weighted by atomic mass is 35.5. The molecule has 9 aromatic rings. The Bertz CT molecular complexity index is 5120. The lowest BCUT2D eigenvalue weighted by atomic mass is 9.82.